The molecule has 0 bridgehead atoms. The van der Waals surface area contributed by atoms with Crippen LogP contribution in [0.4, 0.5) is 0 Å². The van der Waals surface area contributed by atoms with Crippen molar-refractivity contribution in [1.82, 2.24) is 9.97 Å². The van der Waals surface area contributed by atoms with E-state index in [9.17, 15) is 0 Å². The summed E-state index contributed by atoms with van der Waals surface area (Å²) in [4.78, 5) is 10.8. The van der Waals surface area contributed by atoms with Gasteiger partial charge in [-0.3, -0.25) is 0 Å². The lowest BCUT2D eigenvalue weighted by molar-refractivity contribution is 1.19. The first-order valence-corrected chi connectivity index (χ1v) is 19.2. The van der Waals surface area contributed by atoms with E-state index in [1.165, 1.54) is 81.7 Å². The average molecular weight is 709 g/mol. The van der Waals surface area contributed by atoms with Crippen LogP contribution < -0.4 is 0 Å². The van der Waals surface area contributed by atoms with Gasteiger partial charge in [-0.15, -0.1) is 0 Å². The molecule has 56 heavy (non-hydrogen) atoms. The van der Waals surface area contributed by atoms with Crippen molar-refractivity contribution in [3.63, 3.8) is 0 Å². The zero-order chi connectivity index (χ0) is 36.7. The van der Waals surface area contributed by atoms with E-state index >= 15 is 0 Å². The first-order chi connectivity index (χ1) is 27.8. The molecular weight excluding hydrogens is 677 g/mol. The van der Waals surface area contributed by atoms with Crippen molar-refractivity contribution in [2.75, 3.05) is 0 Å². The molecule has 0 aliphatic heterocycles. The van der Waals surface area contributed by atoms with Crippen molar-refractivity contribution in [1.29, 1.82) is 0 Å². The molecule has 0 fully saturated rings. The first kappa shape index (κ1) is 31.0. The maximum atomic E-state index is 5.41. The van der Waals surface area contributed by atoms with Gasteiger partial charge in [0.1, 0.15) is 0 Å². The van der Waals surface area contributed by atoms with Gasteiger partial charge < -0.3 is 0 Å². The number of benzene rings is 10. The van der Waals surface area contributed by atoms with Crippen molar-refractivity contribution in [3.05, 3.63) is 194 Å². The standard InChI is InChI=1S/C54H32N2/c1-2-14-34(15-3-1)52-51-45-28-11-18-33-19-12-29-46(48(33)45)53(51)56-54(55-52)39-22-10-21-38(31-39)49-40-23-6-8-25-42(40)50(43-26-9-7-24-41(43)49)44-27-13-20-37-30-35-16-4-5-17-36(35)32-47(37)44/h1-32H. The van der Waals surface area contributed by atoms with Gasteiger partial charge in [0.05, 0.1) is 11.4 Å². The van der Waals surface area contributed by atoms with Crippen LogP contribution in [0.3, 0.4) is 0 Å². The quantitative estimate of drug-likeness (QED) is 0.170. The summed E-state index contributed by atoms with van der Waals surface area (Å²) < 4.78 is 0. The normalized spacial score (nSPS) is 11.9. The van der Waals surface area contributed by atoms with Gasteiger partial charge in [0, 0.05) is 22.3 Å². The monoisotopic (exact) mass is 708 g/mol. The van der Waals surface area contributed by atoms with Gasteiger partial charge in [-0.25, -0.2) is 9.97 Å². The van der Waals surface area contributed by atoms with Crippen LogP contribution in [0.15, 0.2) is 194 Å². The van der Waals surface area contributed by atoms with E-state index in [4.69, 9.17) is 9.97 Å². The van der Waals surface area contributed by atoms with Gasteiger partial charge in [0.25, 0.3) is 0 Å². The summed E-state index contributed by atoms with van der Waals surface area (Å²) in [6, 6.07) is 70.4. The van der Waals surface area contributed by atoms with E-state index < -0.39 is 0 Å². The predicted octanol–water partition coefficient (Wildman–Crippen LogP) is 14.6. The largest absolute Gasteiger partial charge is 0.227 e. The van der Waals surface area contributed by atoms with Crippen molar-refractivity contribution >= 4 is 53.9 Å². The van der Waals surface area contributed by atoms with E-state index in [0.29, 0.717) is 0 Å². The minimum absolute atomic E-state index is 0.725. The van der Waals surface area contributed by atoms with Gasteiger partial charge in [-0.2, -0.15) is 0 Å². The molecule has 0 spiro atoms. The van der Waals surface area contributed by atoms with Crippen LogP contribution in [-0.4, -0.2) is 9.97 Å². The maximum absolute atomic E-state index is 5.41. The average Bonchev–Trinajstić information content (AvgIpc) is 3.59. The molecule has 0 amide bonds. The minimum atomic E-state index is 0.725. The van der Waals surface area contributed by atoms with E-state index in [-0.39, 0.29) is 0 Å². The lowest BCUT2D eigenvalue weighted by Gasteiger charge is -2.19. The van der Waals surface area contributed by atoms with Gasteiger partial charge in [-0.05, 0) is 99.9 Å². The Kier molecular flexibility index (Phi) is 6.66. The summed E-state index contributed by atoms with van der Waals surface area (Å²) in [6.07, 6.45) is 0. The zero-order valence-corrected chi connectivity index (χ0v) is 30.4. The molecule has 258 valence electrons. The fourth-order valence-electron chi connectivity index (χ4n) is 9.32. The Morgan fingerprint density at radius 3 is 1.52 bits per heavy atom. The van der Waals surface area contributed by atoms with Gasteiger partial charge in [0.2, 0.25) is 0 Å². The molecule has 2 heteroatoms. The Bertz CT molecular complexity index is 3350. The van der Waals surface area contributed by atoms with Crippen LogP contribution in [-0.2, 0) is 0 Å². The van der Waals surface area contributed by atoms with Crippen LogP contribution >= 0.6 is 0 Å². The number of nitrogens with zero attached hydrogens (tertiary/aromatic N) is 2. The number of aromatic nitrogens is 2. The fraction of sp³-hybridized carbons (Fsp3) is 0. The molecule has 0 saturated carbocycles. The molecule has 0 radical (unpaired) electrons. The predicted molar refractivity (Wildman–Crippen MR) is 236 cm³/mol. The second-order valence-corrected chi connectivity index (χ2v) is 14.8. The highest BCUT2D eigenvalue weighted by molar-refractivity contribution is 6.24. The Labute approximate surface area is 324 Å². The summed E-state index contributed by atoms with van der Waals surface area (Å²) in [5, 5.41) is 12.4. The second kappa shape index (κ2) is 12.0. The molecule has 0 saturated heterocycles. The highest BCUT2D eigenvalue weighted by atomic mass is 14.9. The van der Waals surface area contributed by atoms with Crippen LogP contribution in [0.5, 0.6) is 0 Å². The third-order valence-electron chi connectivity index (χ3n) is 11.7. The van der Waals surface area contributed by atoms with E-state index in [1.807, 2.05) is 0 Å². The van der Waals surface area contributed by atoms with E-state index in [0.717, 1.165) is 39.5 Å². The third-order valence-corrected chi connectivity index (χ3v) is 11.7. The summed E-state index contributed by atoms with van der Waals surface area (Å²) in [7, 11) is 0. The van der Waals surface area contributed by atoms with Gasteiger partial charge >= 0.3 is 0 Å². The molecule has 1 aromatic heterocycles. The highest BCUT2D eigenvalue weighted by Gasteiger charge is 2.28. The number of fused-ring (bicyclic) bond motifs is 7. The number of hydrogen-bond acceptors (Lipinski definition) is 2. The van der Waals surface area contributed by atoms with Crippen molar-refractivity contribution < 1.29 is 0 Å². The minimum Gasteiger partial charge on any atom is -0.227 e. The molecule has 1 heterocycles. The summed E-state index contributed by atoms with van der Waals surface area (Å²) >= 11 is 0. The van der Waals surface area contributed by atoms with E-state index in [2.05, 4.69) is 194 Å². The Hall–Kier alpha value is -7.42. The smallest absolute Gasteiger partial charge is 0.160 e. The number of hydrogen-bond donors (Lipinski definition) is 0. The van der Waals surface area contributed by atoms with Crippen molar-refractivity contribution in [2.24, 2.45) is 0 Å². The van der Waals surface area contributed by atoms with Crippen LogP contribution in [0.2, 0.25) is 0 Å². The zero-order valence-electron chi connectivity index (χ0n) is 30.4. The second-order valence-electron chi connectivity index (χ2n) is 14.8. The molecule has 11 aromatic rings. The lowest BCUT2D eigenvalue weighted by Crippen LogP contribution is -1.98. The molecule has 1 aliphatic rings. The van der Waals surface area contributed by atoms with Crippen molar-refractivity contribution in [3.8, 4) is 67.3 Å². The molecule has 2 nitrogen and oxygen atoms in total. The fourth-order valence-corrected chi connectivity index (χ4v) is 9.32. The summed E-state index contributed by atoms with van der Waals surface area (Å²) in [6.45, 7) is 0. The molecule has 12 rings (SSSR count). The lowest BCUT2D eigenvalue weighted by atomic mass is 9.84. The van der Waals surface area contributed by atoms with E-state index in [1.54, 1.807) is 0 Å². The molecule has 0 N–H and O–H groups in total. The Morgan fingerprint density at radius 1 is 0.268 bits per heavy atom. The summed E-state index contributed by atoms with van der Waals surface area (Å²) in [5.74, 6) is 0.725. The molecule has 0 atom stereocenters. The SMILES string of the molecule is c1ccc(-c2nc(-c3cccc(-c4c5ccccc5c(-c5cccc6cc7ccccc7cc56)c5ccccc45)c3)nc3c2-c2cccc4cccc-3c24)cc1. The Balaban J connectivity index is 1.10. The topological polar surface area (TPSA) is 25.8 Å². The molecule has 0 unspecified atom stereocenters. The van der Waals surface area contributed by atoms with Gasteiger partial charge in [0.15, 0.2) is 5.82 Å². The highest BCUT2D eigenvalue weighted by Crippen LogP contribution is 2.51. The third kappa shape index (κ3) is 4.57. The number of rotatable bonds is 4. The van der Waals surface area contributed by atoms with Crippen molar-refractivity contribution in [2.45, 2.75) is 0 Å². The van der Waals surface area contributed by atoms with Crippen LogP contribution in [0.25, 0.3) is 121 Å². The van der Waals surface area contributed by atoms with Crippen LogP contribution in [0.1, 0.15) is 0 Å². The Morgan fingerprint density at radius 2 is 0.786 bits per heavy atom. The maximum Gasteiger partial charge on any atom is 0.160 e. The molecular formula is C54H32N2. The van der Waals surface area contributed by atoms with Gasteiger partial charge in [-0.1, -0.05) is 176 Å². The van der Waals surface area contributed by atoms with Crippen LogP contribution in [0, 0.1) is 0 Å². The molecule has 10 aromatic carbocycles. The first-order valence-electron chi connectivity index (χ1n) is 19.2. The molecule has 1 aliphatic carbocycles. The summed E-state index contributed by atoms with van der Waals surface area (Å²) in [5.41, 5.74) is 12.4.